The van der Waals surface area contributed by atoms with E-state index in [0.29, 0.717) is 66.2 Å². The van der Waals surface area contributed by atoms with Gasteiger partial charge in [0.1, 0.15) is 30.2 Å². The summed E-state index contributed by atoms with van der Waals surface area (Å²) in [7, 11) is 0. The molecule has 2 aromatic carbocycles. The average molecular weight is 596 g/mol. The molecule has 2 N–H and O–H groups in total. The van der Waals surface area contributed by atoms with Crippen LogP contribution in [0, 0.1) is 11.7 Å². The van der Waals surface area contributed by atoms with Gasteiger partial charge in [0.25, 0.3) is 11.8 Å². The van der Waals surface area contributed by atoms with Crippen LogP contribution in [0.3, 0.4) is 0 Å². The number of hydrogen-bond acceptors (Lipinski definition) is 6. The van der Waals surface area contributed by atoms with Gasteiger partial charge in [-0.25, -0.2) is 4.39 Å². The Morgan fingerprint density at radius 3 is 2.75 bits per heavy atom. The Morgan fingerprint density at radius 2 is 1.84 bits per heavy atom. The van der Waals surface area contributed by atoms with Crippen molar-refractivity contribution in [2.75, 3.05) is 39.3 Å². The maximum Gasteiger partial charge on any atom is 0.270 e. The van der Waals surface area contributed by atoms with E-state index in [1.807, 2.05) is 24.3 Å². The third-order valence-corrected chi connectivity index (χ3v) is 8.42. The fourth-order valence-electron chi connectivity index (χ4n) is 6.19. The van der Waals surface area contributed by atoms with Crippen LogP contribution in [0.25, 0.3) is 16.6 Å². The van der Waals surface area contributed by atoms with Gasteiger partial charge in [-0.15, -0.1) is 10.2 Å². The number of hydrogen-bond donors (Lipinski definition) is 2. The number of benzene rings is 2. The van der Waals surface area contributed by atoms with Crippen molar-refractivity contribution in [2.45, 2.75) is 12.3 Å². The number of halogens is 1. The van der Waals surface area contributed by atoms with Crippen molar-refractivity contribution in [3.63, 3.8) is 0 Å². The highest BCUT2D eigenvalue weighted by atomic mass is 19.1. The molecule has 12 heteroatoms. The van der Waals surface area contributed by atoms with Crippen LogP contribution in [0.2, 0.25) is 0 Å². The van der Waals surface area contributed by atoms with Crippen LogP contribution >= 0.6 is 0 Å². The lowest BCUT2D eigenvalue weighted by atomic mass is 9.88. The number of carbonyl (C=O) groups excluding carboxylic acids is 3. The highest BCUT2D eigenvalue weighted by Gasteiger charge is 2.41. The first-order chi connectivity index (χ1) is 21.4. The number of carbonyl (C=O) groups is 3. The van der Waals surface area contributed by atoms with Crippen LogP contribution in [0.1, 0.15) is 38.7 Å². The average Bonchev–Trinajstić information content (AvgIpc) is 3.79. The van der Waals surface area contributed by atoms with Crippen LogP contribution in [0.4, 0.5) is 4.39 Å². The standard InChI is InChI=1S/C32H30FN7O4/c33-22-7-8-27-21(14-22)16-28(36-27)32(43)40-17-25-20-4-1-5-23(15-20)44-13-12-38(11-3-9-34-30(41)26(25)18-40)31(42)24-6-2-10-39-19-35-37-29(24)39/h1-2,4-8,10,14-16,19,25-26,36H,3,9,11-13,17-18H2,(H,34,41)/t25-,26+/m1/s1. The van der Waals surface area contributed by atoms with Crippen LogP contribution < -0.4 is 10.1 Å². The zero-order valence-electron chi connectivity index (χ0n) is 23.8. The van der Waals surface area contributed by atoms with Gasteiger partial charge in [-0.3, -0.25) is 18.8 Å². The molecule has 44 heavy (non-hydrogen) atoms. The Kier molecular flexibility index (Phi) is 7.17. The van der Waals surface area contributed by atoms with Crippen LogP contribution in [-0.4, -0.2) is 86.4 Å². The zero-order valence-corrected chi connectivity index (χ0v) is 23.8. The number of aromatic nitrogens is 4. The summed E-state index contributed by atoms with van der Waals surface area (Å²) in [4.78, 5) is 47.2. The van der Waals surface area contributed by atoms with Crippen molar-refractivity contribution in [1.29, 1.82) is 0 Å². The predicted octanol–water partition coefficient (Wildman–Crippen LogP) is 3.25. The number of fused-ring (bicyclic) bond motifs is 6. The molecule has 3 aromatic heterocycles. The van der Waals surface area contributed by atoms with E-state index in [9.17, 15) is 18.8 Å². The molecule has 1 saturated heterocycles. The van der Waals surface area contributed by atoms with Gasteiger partial charge in [0.2, 0.25) is 5.91 Å². The van der Waals surface area contributed by atoms with Crippen molar-refractivity contribution in [3.8, 4) is 5.75 Å². The summed E-state index contributed by atoms with van der Waals surface area (Å²) < 4.78 is 21.5. The molecular weight excluding hydrogens is 565 g/mol. The Hall–Kier alpha value is -5.26. The molecule has 0 radical (unpaired) electrons. The first kappa shape index (κ1) is 27.6. The first-order valence-corrected chi connectivity index (χ1v) is 14.6. The molecule has 224 valence electrons. The number of H-pyrrole nitrogens is 1. The lowest BCUT2D eigenvalue weighted by molar-refractivity contribution is -0.124. The van der Waals surface area contributed by atoms with E-state index < -0.39 is 5.92 Å². The van der Waals surface area contributed by atoms with Crippen molar-refractivity contribution in [3.05, 3.63) is 95.8 Å². The lowest BCUT2D eigenvalue weighted by Gasteiger charge is -2.24. The minimum absolute atomic E-state index is 0.154. The number of nitrogens with one attached hydrogen (secondary N) is 2. The molecule has 5 heterocycles. The zero-order chi connectivity index (χ0) is 30.2. The topological polar surface area (TPSA) is 125 Å². The normalized spacial score (nSPS) is 19.3. The van der Waals surface area contributed by atoms with Gasteiger partial charge in [-0.05, 0) is 60.5 Å². The summed E-state index contributed by atoms with van der Waals surface area (Å²) >= 11 is 0. The molecule has 2 aliphatic rings. The van der Waals surface area contributed by atoms with Gasteiger partial charge >= 0.3 is 0 Å². The smallest absolute Gasteiger partial charge is 0.270 e. The Morgan fingerprint density at radius 1 is 0.955 bits per heavy atom. The summed E-state index contributed by atoms with van der Waals surface area (Å²) in [6.07, 6.45) is 3.87. The second-order valence-electron chi connectivity index (χ2n) is 11.2. The minimum atomic E-state index is -0.484. The summed E-state index contributed by atoms with van der Waals surface area (Å²) in [5.74, 6) is -1.07. The van der Waals surface area contributed by atoms with Gasteiger partial charge in [0.15, 0.2) is 5.65 Å². The van der Waals surface area contributed by atoms with Gasteiger partial charge in [0.05, 0.1) is 18.0 Å². The van der Waals surface area contributed by atoms with E-state index >= 15 is 0 Å². The van der Waals surface area contributed by atoms with Gasteiger partial charge in [0, 0.05) is 49.2 Å². The third kappa shape index (κ3) is 5.23. The molecule has 7 rings (SSSR count). The molecule has 0 saturated carbocycles. The first-order valence-electron chi connectivity index (χ1n) is 14.6. The summed E-state index contributed by atoms with van der Waals surface area (Å²) in [6, 6.07) is 17.0. The summed E-state index contributed by atoms with van der Waals surface area (Å²) in [5.41, 5.74) is 2.82. The number of aromatic amines is 1. The van der Waals surface area contributed by atoms with E-state index in [0.717, 1.165) is 5.56 Å². The number of rotatable bonds is 2. The van der Waals surface area contributed by atoms with Crippen molar-refractivity contribution in [2.24, 2.45) is 5.92 Å². The van der Waals surface area contributed by atoms with E-state index in [2.05, 4.69) is 20.5 Å². The van der Waals surface area contributed by atoms with E-state index in [-0.39, 0.29) is 42.6 Å². The maximum atomic E-state index is 13.7. The van der Waals surface area contributed by atoms with Crippen molar-refractivity contribution in [1.82, 2.24) is 34.7 Å². The quantitative estimate of drug-likeness (QED) is 0.323. The molecule has 3 amide bonds. The molecule has 0 unspecified atom stereocenters. The molecule has 1 fully saturated rings. The fraction of sp³-hybridized carbons (Fsp3) is 0.281. The van der Waals surface area contributed by atoms with Crippen molar-refractivity contribution < 1.29 is 23.5 Å². The Balaban J connectivity index is 1.11. The summed E-state index contributed by atoms with van der Waals surface area (Å²) in [5, 5.41) is 11.7. The lowest BCUT2D eigenvalue weighted by Crippen LogP contribution is -2.39. The number of nitrogens with zero attached hydrogens (tertiary/aromatic N) is 5. The number of amides is 3. The van der Waals surface area contributed by atoms with Gasteiger partial charge in [-0.2, -0.15) is 0 Å². The second-order valence-corrected chi connectivity index (χ2v) is 11.2. The second kappa shape index (κ2) is 11.4. The summed E-state index contributed by atoms with van der Waals surface area (Å²) in [6.45, 7) is 1.96. The molecule has 0 aliphatic carbocycles. The number of likely N-dealkylation sites (tertiary alicyclic amines) is 1. The largest absolute Gasteiger partial charge is 0.492 e. The SMILES string of the molecule is O=C1NCCCN(C(=O)c2cccn3cnnc23)CCOc2cccc(c2)[C@H]2CN(C(=O)c3cc4cc(F)ccc4[nH]3)C[C@H]12. The number of pyridine rings is 1. The van der Waals surface area contributed by atoms with Crippen LogP contribution in [0.15, 0.2) is 73.2 Å². The Bertz CT molecular complexity index is 1880. The minimum Gasteiger partial charge on any atom is -0.492 e. The molecule has 2 atom stereocenters. The number of ether oxygens (including phenoxy) is 1. The van der Waals surface area contributed by atoms with Crippen LogP contribution in [0.5, 0.6) is 5.75 Å². The Labute approximate surface area is 251 Å². The molecule has 2 bridgehead atoms. The van der Waals surface area contributed by atoms with Gasteiger partial charge in [-0.1, -0.05) is 12.1 Å². The fourth-order valence-corrected chi connectivity index (χ4v) is 6.19. The molecule has 11 nitrogen and oxygen atoms in total. The molecule has 0 spiro atoms. The molecule has 2 aliphatic heterocycles. The highest BCUT2D eigenvalue weighted by molar-refractivity contribution is 6.00. The third-order valence-electron chi connectivity index (χ3n) is 8.42. The van der Waals surface area contributed by atoms with Crippen LogP contribution in [-0.2, 0) is 4.79 Å². The maximum absolute atomic E-state index is 13.7. The monoisotopic (exact) mass is 595 g/mol. The predicted molar refractivity (Wildman–Crippen MR) is 159 cm³/mol. The van der Waals surface area contributed by atoms with Gasteiger partial charge < -0.3 is 24.8 Å². The van der Waals surface area contributed by atoms with Crippen molar-refractivity contribution >= 4 is 34.3 Å². The van der Waals surface area contributed by atoms with E-state index in [1.54, 1.807) is 51.0 Å². The highest BCUT2D eigenvalue weighted by Crippen LogP contribution is 2.35. The van der Waals surface area contributed by atoms with E-state index in [4.69, 9.17) is 4.74 Å². The molecule has 5 aromatic rings. The van der Waals surface area contributed by atoms with E-state index in [1.165, 1.54) is 12.1 Å². The molecular formula is C32H30FN7O4.